The molecule has 1 rings (SSSR count). The molecular weight excluding hydrogens is 192 g/mol. The smallest absolute Gasteiger partial charge is 0.240 e. The number of sulfone groups is 1. The van der Waals surface area contributed by atoms with Crippen molar-refractivity contribution in [3.05, 3.63) is 0 Å². The average Bonchev–Trinajstić information content (AvgIpc) is 2.29. The minimum Gasteiger partial charge on any atom is -0.328 e. The maximum absolute atomic E-state index is 11.3. The summed E-state index contributed by atoms with van der Waals surface area (Å²) in [5.74, 6) is 0.0105. The summed E-state index contributed by atoms with van der Waals surface area (Å²) >= 11 is 0. The van der Waals surface area contributed by atoms with Crippen LogP contribution in [0.5, 0.6) is 0 Å². The minimum atomic E-state index is -2.97. The first kappa shape index (κ1) is 10.5. The van der Waals surface area contributed by atoms with Crippen molar-refractivity contribution in [1.29, 1.82) is 0 Å². The Morgan fingerprint density at radius 2 is 2.23 bits per heavy atom. The van der Waals surface area contributed by atoms with E-state index in [-0.39, 0.29) is 24.2 Å². The molecule has 76 valence electrons. The molecule has 5 nitrogen and oxygen atoms in total. The standard InChI is InChI=1S/C7H14N2O3S/c1-6-7(10)9(5-8-6)3-4-13(2,11)12/h6,8H,3-5H2,1-2H3. The molecule has 0 aromatic heterocycles. The lowest BCUT2D eigenvalue weighted by molar-refractivity contribution is -0.128. The SMILES string of the molecule is CC1NCN(CCS(C)(=O)=O)C1=O. The molecule has 0 aromatic rings. The van der Waals surface area contributed by atoms with Crippen LogP contribution >= 0.6 is 0 Å². The van der Waals surface area contributed by atoms with E-state index in [0.29, 0.717) is 6.67 Å². The fourth-order valence-corrected chi connectivity index (χ4v) is 1.70. The van der Waals surface area contributed by atoms with E-state index in [0.717, 1.165) is 0 Å². The molecule has 0 spiro atoms. The fourth-order valence-electron chi connectivity index (χ4n) is 1.15. The monoisotopic (exact) mass is 206 g/mol. The van der Waals surface area contributed by atoms with Crippen molar-refractivity contribution in [2.45, 2.75) is 13.0 Å². The molecule has 1 unspecified atom stereocenters. The van der Waals surface area contributed by atoms with E-state index in [1.54, 1.807) is 6.92 Å². The minimum absolute atomic E-state index is 0.0244. The Balaban J connectivity index is 2.44. The van der Waals surface area contributed by atoms with Gasteiger partial charge in [-0.05, 0) is 6.92 Å². The molecule has 0 radical (unpaired) electrons. The van der Waals surface area contributed by atoms with Crippen LogP contribution in [0.25, 0.3) is 0 Å². The van der Waals surface area contributed by atoms with Crippen molar-refractivity contribution in [3.63, 3.8) is 0 Å². The maximum Gasteiger partial charge on any atom is 0.240 e. The third kappa shape index (κ3) is 2.96. The topological polar surface area (TPSA) is 66.5 Å². The molecule has 0 saturated carbocycles. The second-order valence-electron chi connectivity index (χ2n) is 3.32. The first-order valence-corrected chi connectivity index (χ1v) is 6.16. The van der Waals surface area contributed by atoms with Crippen LogP contribution in [0.15, 0.2) is 0 Å². The third-order valence-corrected chi connectivity index (χ3v) is 2.93. The molecule has 1 amide bonds. The van der Waals surface area contributed by atoms with Gasteiger partial charge in [0.05, 0.1) is 18.5 Å². The Morgan fingerprint density at radius 1 is 1.62 bits per heavy atom. The van der Waals surface area contributed by atoms with Gasteiger partial charge in [0.15, 0.2) is 0 Å². The average molecular weight is 206 g/mol. The van der Waals surface area contributed by atoms with Gasteiger partial charge < -0.3 is 4.90 Å². The molecule has 6 heteroatoms. The van der Waals surface area contributed by atoms with Crippen LogP contribution < -0.4 is 5.32 Å². The van der Waals surface area contributed by atoms with E-state index in [9.17, 15) is 13.2 Å². The summed E-state index contributed by atoms with van der Waals surface area (Å²) in [6.07, 6.45) is 1.17. The summed E-state index contributed by atoms with van der Waals surface area (Å²) in [5.41, 5.74) is 0. The molecule has 0 bridgehead atoms. The molecule has 1 saturated heterocycles. The second kappa shape index (κ2) is 3.63. The summed E-state index contributed by atoms with van der Waals surface area (Å²) < 4.78 is 21.6. The molecule has 1 aliphatic heterocycles. The van der Waals surface area contributed by atoms with Gasteiger partial charge in [-0.1, -0.05) is 0 Å². The van der Waals surface area contributed by atoms with E-state index in [1.165, 1.54) is 11.2 Å². The summed E-state index contributed by atoms with van der Waals surface area (Å²) in [5, 5.41) is 2.94. The number of nitrogens with one attached hydrogen (secondary N) is 1. The lowest BCUT2D eigenvalue weighted by Crippen LogP contribution is -2.32. The highest BCUT2D eigenvalue weighted by Gasteiger charge is 2.27. The molecule has 1 atom stereocenters. The summed E-state index contributed by atoms with van der Waals surface area (Å²) in [6, 6.07) is -0.181. The summed E-state index contributed by atoms with van der Waals surface area (Å²) in [7, 11) is -2.97. The molecule has 1 aliphatic rings. The number of amides is 1. The predicted octanol–water partition coefficient (Wildman–Crippen LogP) is -1.19. The van der Waals surface area contributed by atoms with Crippen molar-refractivity contribution >= 4 is 15.7 Å². The van der Waals surface area contributed by atoms with Gasteiger partial charge in [-0.3, -0.25) is 10.1 Å². The highest BCUT2D eigenvalue weighted by atomic mass is 32.2. The van der Waals surface area contributed by atoms with Crippen molar-refractivity contribution < 1.29 is 13.2 Å². The van der Waals surface area contributed by atoms with Crippen molar-refractivity contribution in [1.82, 2.24) is 10.2 Å². The van der Waals surface area contributed by atoms with Crippen LogP contribution in [0.1, 0.15) is 6.92 Å². The van der Waals surface area contributed by atoms with Crippen LogP contribution in [0.2, 0.25) is 0 Å². The largest absolute Gasteiger partial charge is 0.328 e. The molecular formula is C7H14N2O3S. The highest BCUT2D eigenvalue weighted by molar-refractivity contribution is 7.90. The van der Waals surface area contributed by atoms with Gasteiger partial charge in [0.1, 0.15) is 9.84 Å². The number of hydrogen-bond acceptors (Lipinski definition) is 4. The van der Waals surface area contributed by atoms with E-state index in [1.807, 2.05) is 0 Å². The zero-order valence-corrected chi connectivity index (χ0v) is 8.60. The van der Waals surface area contributed by atoms with Crippen molar-refractivity contribution in [3.8, 4) is 0 Å². The van der Waals surface area contributed by atoms with E-state index in [2.05, 4.69) is 5.32 Å². The Morgan fingerprint density at radius 3 is 2.62 bits per heavy atom. The lowest BCUT2D eigenvalue weighted by Gasteiger charge is -2.13. The normalized spacial score (nSPS) is 24.0. The Labute approximate surface area is 78.0 Å². The van der Waals surface area contributed by atoms with Crippen molar-refractivity contribution in [2.75, 3.05) is 25.2 Å². The predicted molar refractivity (Wildman–Crippen MR) is 48.9 cm³/mol. The van der Waals surface area contributed by atoms with Crippen LogP contribution in [-0.4, -0.2) is 50.5 Å². The number of carbonyl (C=O) groups excluding carboxylic acids is 1. The zero-order valence-electron chi connectivity index (χ0n) is 7.78. The Bertz CT molecular complexity index is 299. The fraction of sp³-hybridized carbons (Fsp3) is 0.857. The maximum atomic E-state index is 11.3. The summed E-state index contributed by atoms with van der Waals surface area (Å²) in [4.78, 5) is 12.8. The quantitative estimate of drug-likeness (QED) is 0.630. The molecule has 0 aliphatic carbocycles. The van der Waals surface area contributed by atoms with Crippen LogP contribution in [0.4, 0.5) is 0 Å². The van der Waals surface area contributed by atoms with E-state index in [4.69, 9.17) is 0 Å². The molecule has 1 N–H and O–H groups in total. The zero-order chi connectivity index (χ0) is 10.1. The highest BCUT2D eigenvalue weighted by Crippen LogP contribution is 2.02. The van der Waals surface area contributed by atoms with Crippen LogP contribution in [0.3, 0.4) is 0 Å². The van der Waals surface area contributed by atoms with E-state index >= 15 is 0 Å². The molecule has 1 heterocycles. The van der Waals surface area contributed by atoms with Gasteiger partial charge in [0.25, 0.3) is 0 Å². The van der Waals surface area contributed by atoms with Gasteiger partial charge in [0, 0.05) is 12.8 Å². The third-order valence-electron chi connectivity index (χ3n) is 2.00. The number of hydrogen-bond donors (Lipinski definition) is 1. The Hall–Kier alpha value is -0.620. The first-order chi connectivity index (χ1) is 5.90. The van der Waals surface area contributed by atoms with Gasteiger partial charge in [-0.25, -0.2) is 8.42 Å². The van der Waals surface area contributed by atoms with Gasteiger partial charge in [0.2, 0.25) is 5.91 Å². The summed E-state index contributed by atoms with van der Waals surface area (Å²) in [6.45, 7) is 2.51. The Kier molecular flexibility index (Phi) is 2.92. The first-order valence-electron chi connectivity index (χ1n) is 4.10. The number of nitrogens with zero attached hydrogens (tertiary/aromatic N) is 1. The van der Waals surface area contributed by atoms with E-state index < -0.39 is 9.84 Å². The van der Waals surface area contributed by atoms with Crippen molar-refractivity contribution in [2.24, 2.45) is 0 Å². The number of rotatable bonds is 3. The molecule has 0 aromatic carbocycles. The van der Waals surface area contributed by atoms with Gasteiger partial charge in [-0.2, -0.15) is 0 Å². The number of carbonyl (C=O) groups is 1. The van der Waals surface area contributed by atoms with Crippen LogP contribution in [0, 0.1) is 0 Å². The van der Waals surface area contributed by atoms with Crippen LogP contribution in [-0.2, 0) is 14.6 Å². The lowest BCUT2D eigenvalue weighted by atomic mass is 10.3. The van der Waals surface area contributed by atoms with Gasteiger partial charge in [-0.15, -0.1) is 0 Å². The second-order valence-corrected chi connectivity index (χ2v) is 5.58. The molecule has 1 fully saturated rings. The van der Waals surface area contributed by atoms with Gasteiger partial charge >= 0.3 is 0 Å². The molecule has 13 heavy (non-hydrogen) atoms.